The van der Waals surface area contributed by atoms with E-state index >= 15 is 0 Å². The summed E-state index contributed by atoms with van der Waals surface area (Å²) in [5, 5.41) is 14.9. The summed E-state index contributed by atoms with van der Waals surface area (Å²) in [6.07, 6.45) is 0.940. The van der Waals surface area contributed by atoms with Gasteiger partial charge in [-0.1, -0.05) is 54.7 Å². The third-order valence-corrected chi connectivity index (χ3v) is 5.29. The molecule has 1 aromatic heterocycles. The van der Waals surface area contributed by atoms with Crippen molar-refractivity contribution >= 4 is 34.1 Å². The highest BCUT2D eigenvalue weighted by atomic mass is 32.1. The van der Waals surface area contributed by atoms with E-state index in [4.69, 9.17) is 4.74 Å². The van der Waals surface area contributed by atoms with Gasteiger partial charge < -0.3 is 20.3 Å². The Hall–Kier alpha value is -3.46. The lowest BCUT2D eigenvalue weighted by Crippen LogP contribution is -2.37. The molecule has 0 aliphatic heterocycles. The highest BCUT2D eigenvalue weighted by Crippen LogP contribution is 2.26. The van der Waals surface area contributed by atoms with Crippen LogP contribution in [0.3, 0.4) is 0 Å². The third kappa shape index (κ3) is 6.51. The van der Waals surface area contributed by atoms with Crippen LogP contribution < -0.4 is 15.4 Å². The average molecular weight is 440 g/mol. The Bertz CT molecular complexity index is 1010. The molecule has 0 saturated carbocycles. The van der Waals surface area contributed by atoms with E-state index in [1.165, 1.54) is 11.3 Å². The van der Waals surface area contributed by atoms with Crippen molar-refractivity contribution in [2.45, 2.75) is 19.8 Å². The summed E-state index contributed by atoms with van der Waals surface area (Å²) in [6, 6.07) is 16.5. The van der Waals surface area contributed by atoms with E-state index in [0.717, 1.165) is 17.0 Å². The van der Waals surface area contributed by atoms with E-state index in [1.54, 1.807) is 36.3 Å². The summed E-state index contributed by atoms with van der Waals surface area (Å²) in [5.41, 5.74) is 1.58. The van der Waals surface area contributed by atoms with Crippen molar-refractivity contribution in [2.24, 2.45) is 0 Å². The van der Waals surface area contributed by atoms with Gasteiger partial charge in [-0.05, 0) is 18.6 Å². The SMILES string of the molecule is CCCN(CCC(=O)Nc1nnc(-c2ccccc2)s1)C(=O)Nc1cccc(OC)c1. The Morgan fingerprint density at radius 1 is 1.03 bits per heavy atom. The minimum absolute atomic E-state index is 0.159. The molecule has 0 aliphatic carbocycles. The van der Waals surface area contributed by atoms with Crippen LogP contribution in [0.5, 0.6) is 5.75 Å². The number of carbonyl (C=O) groups is 2. The number of urea groups is 1. The summed E-state index contributed by atoms with van der Waals surface area (Å²) in [5.74, 6) is 0.442. The Labute approximate surface area is 185 Å². The van der Waals surface area contributed by atoms with Gasteiger partial charge in [0.2, 0.25) is 11.0 Å². The Morgan fingerprint density at radius 2 is 1.84 bits per heavy atom. The van der Waals surface area contributed by atoms with Gasteiger partial charge in [0.15, 0.2) is 0 Å². The quantitative estimate of drug-likeness (QED) is 0.512. The van der Waals surface area contributed by atoms with Crippen molar-refractivity contribution in [1.82, 2.24) is 15.1 Å². The summed E-state index contributed by atoms with van der Waals surface area (Å²) in [7, 11) is 1.57. The standard InChI is InChI=1S/C22H25N5O3S/c1-3-13-27(22(29)23-17-10-7-11-18(15-17)30-2)14-12-19(28)24-21-26-25-20(31-21)16-8-5-4-6-9-16/h4-11,15H,3,12-14H2,1-2H3,(H,23,29)(H,24,26,28). The Kier molecular flexibility index (Phi) is 7.94. The molecule has 0 saturated heterocycles. The molecule has 0 radical (unpaired) electrons. The number of carbonyl (C=O) groups excluding carboxylic acids is 2. The number of methoxy groups -OCH3 is 1. The largest absolute Gasteiger partial charge is 0.497 e. The van der Waals surface area contributed by atoms with Gasteiger partial charge in [0.1, 0.15) is 10.8 Å². The first-order valence-corrected chi connectivity index (χ1v) is 10.8. The van der Waals surface area contributed by atoms with Gasteiger partial charge in [-0.2, -0.15) is 0 Å². The zero-order valence-electron chi connectivity index (χ0n) is 17.5. The van der Waals surface area contributed by atoms with Gasteiger partial charge in [-0.15, -0.1) is 10.2 Å². The molecule has 8 nitrogen and oxygen atoms in total. The fourth-order valence-electron chi connectivity index (χ4n) is 2.88. The number of rotatable bonds is 9. The number of hydrogen-bond donors (Lipinski definition) is 2. The van der Waals surface area contributed by atoms with Crippen LogP contribution in [0.1, 0.15) is 19.8 Å². The molecule has 0 spiro atoms. The van der Waals surface area contributed by atoms with Gasteiger partial charge in [-0.3, -0.25) is 4.79 Å². The number of nitrogens with one attached hydrogen (secondary N) is 2. The summed E-state index contributed by atoms with van der Waals surface area (Å²) in [6.45, 7) is 2.82. The molecule has 2 aromatic carbocycles. The highest BCUT2D eigenvalue weighted by Gasteiger charge is 2.16. The van der Waals surface area contributed by atoms with E-state index < -0.39 is 0 Å². The van der Waals surface area contributed by atoms with Gasteiger partial charge >= 0.3 is 6.03 Å². The van der Waals surface area contributed by atoms with Crippen molar-refractivity contribution in [2.75, 3.05) is 30.8 Å². The summed E-state index contributed by atoms with van der Waals surface area (Å²) >= 11 is 1.31. The molecule has 3 rings (SSSR count). The predicted molar refractivity (Wildman–Crippen MR) is 122 cm³/mol. The first-order valence-electron chi connectivity index (χ1n) is 9.97. The van der Waals surface area contributed by atoms with Crippen LogP contribution in [0.15, 0.2) is 54.6 Å². The van der Waals surface area contributed by atoms with E-state index in [2.05, 4.69) is 20.8 Å². The number of hydrogen-bond acceptors (Lipinski definition) is 6. The first-order chi connectivity index (χ1) is 15.1. The minimum Gasteiger partial charge on any atom is -0.497 e. The van der Waals surface area contributed by atoms with Crippen molar-refractivity contribution in [1.29, 1.82) is 0 Å². The van der Waals surface area contributed by atoms with Crippen molar-refractivity contribution in [3.8, 4) is 16.3 Å². The first kappa shape index (κ1) is 22.2. The van der Waals surface area contributed by atoms with Crippen LogP contribution in [-0.4, -0.2) is 47.2 Å². The lowest BCUT2D eigenvalue weighted by atomic mass is 10.2. The second kappa shape index (κ2) is 11.1. The van der Waals surface area contributed by atoms with Crippen LogP contribution in [0, 0.1) is 0 Å². The van der Waals surface area contributed by atoms with Crippen molar-refractivity contribution in [3.63, 3.8) is 0 Å². The zero-order valence-corrected chi connectivity index (χ0v) is 18.3. The van der Waals surface area contributed by atoms with Crippen molar-refractivity contribution in [3.05, 3.63) is 54.6 Å². The van der Waals surface area contributed by atoms with Crippen molar-refractivity contribution < 1.29 is 14.3 Å². The molecule has 1 heterocycles. The fraction of sp³-hybridized carbons (Fsp3) is 0.273. The van der Waals surface area contributed by atoms with Gasteiger partial charge in [0, 0.05) is 36.8 Å². The fourth-order valence-corrected chi connectivity index (χ4v) is 3.64. The molecule has 9 heteroatoms. The monoisotopic (exact) mass is 439 g/mol. The molecule has 3 amide bonds. The van der Waals surface area contributed by atoms with Crippen LogP contribution in [0.25, 0.3) is 10.6 Å². The molecule has 162 valence electrons. The molecular formula is C22H25N5O3S. The minimum atomic E-state index is -0.259. The van der Waals surface area contributed by atoms with E-state index in [9.17, 15) is 9.59 Å². The molecule has 0 unspecified atom stereocenters. The molecule has 31 heavy (non-hydrogen) atoms. The maximum absolute atomic E-state index is 12.7. The second-order valence-electron chi connectivity index (χ2n) is 6.73. The lowest BCUT2D eigenvalue weighted by Gasteiger charge is -2.22. The maximum Gasteiger partial charge on any atom is 0.321 e. The number of benzene rings is 2. The number of ether oxygens (including phenoxy) is 1. The highest BCUT2D eigenvalue weighted by molar-refractivity contribution is 7.18. The van der Waals surface area contributed by atoms with Crippen LogP contribution in [0.2, 0.25) is 0 Å². The molecule has 0 atom stereocenters. The molecular weight excluding hydrogens is 414 g/mol. The molecule has 0 fully saturated rings. The summed E-state index contributed by atoms with van der Waals surface area (Å²) in [4.78, 5) is 26.7. The summed E-state index contributed by atoms with van der Waals surface area (Å²) < 4.78 is 5.18. The van der Waals surface area contributed by atoms with E-state index in [1.807, 2.05) is 37.3 Å². The second-order valence-corrected chi connectivity index (χ2v) is 7.70. The third-order valence-electron chi connectivity index (χ3n) is 4.40. The number of aromatic nitrogens is 2. The Balaban J connectivity index is 1.54. The molecule has 2 N–H and O–H groups in total. The normalized spacial score (nSPS) is 10.4. The predicted octanol–water partition coefficient (Wildman–Crippen LogP) is 4.49. The topological polar surface area (TPSA) is 96.5 Å². The van der Waals surface area contributed by atoms with Gasteiger partial charge in [0.25, 0.3) is 0 Å². The van der Waals surface area contributed by atoms with Crippen LogP contribution >= 0.6 is 11.3 Å². The smallest absolute Gasteiger partial charge is 0.321 e. The van der Waals surface area contributed by atoms with E-state index in [-0.39, 0.29) is 18.4 Å². The van der Waals surface area contributed by atoms with Crippen LogP contribution in [-0.2, 0) is 4.79 Å². The number of amides is 3. The number of anilines is 2. The van der Waals surface area contributed by atoms with Gasteiger partial charge in [-0.25, -0.2) is 4.79 Å². The number of nitrogens with zero attached hydrogens (tertiary/aromatic N) is 3. The lowest BCUT2D eigenvalue weighted by molar-refractivity contribution is -0.116. The zero-order chi connectivity index (χ0) is 22.1. The molecule has 0 aliphatic rings. The average Bonchev–Trinajstić information content (AvgIpc) is 3.25. The molecule has 3 aromatic rings. The van der Waals surface area contributed by atoms with Gasteiger partial charge in [0.05, 0.1) is 7.11 Å². The maximum atomic E-state index is 12.7. The van der Waals surface area contributed by atoms with E-state index in [0.29, 0.717) is 29.7 Å². The Morgan fingerprint density at radius 3 is 2.58 bits per heavy atom. The molecule has 0 bridgehead atoms. The van der Waals surface area contributed by atoms with Crippen LogP contribution in [0.4, 0.5) is 15.6 Å².